The average Bonchev–Trinajstić information content (AvgIpc) is 3.07. The highest BCUT2D eigenvalue weighted by atomic mass is 16.5. The van der Waals surface area contributed by atoms with Gasteiger partial charge in [0.25, 0.3) is 0 Å². The molecule has 0 heterocycles. The van der Waals surface area contributed by atoms with E-state index in [0.717, 1.165) is 25.0 Å². The molecule has 2 unspecified atom stereocenters. The molecule has 1 aromatic carbocycles. The van der Waals surface area contributed by atoms with E-state index in [4.69, 9.17) is 9.84 Å². The quantitative estimate of drug-likeness (QED) is 0.841. The van der Waals surface area contributed by atoms with Crippen LogP contribution in [0.5, 0.6) is 5.75 Å². The van der Waals surface area contributed by atoms with Gasteiger partial charge in [-0.3, -0.25) is 4.79 Å². The lowest BCUT2D eigenvalue weighted by Crippen LogP contribution is -2.05. The van der Waals surface area contributed by atoms with E-state index in [2.05, 4.69) is 12.1 Å². The average molecular weight is 248 g/mol. The van der Waals surface area contributed by atoms with Crippen LogP contribution in [0.2, 0.25) is 0 Å². The highest BCUT2D eigenvalue weighted by molar-refractivity contribution is 5.73. The zero-order valence-corrected chi connectivity index (χ0v) is 10.9. The minimum absolute atomic E-state index is 0.0893. The van der Waals surface area contributed by atoms with E-state index in [1.165, 1.54) is 5.56 Å². The Balaban J connectivity index is 1.79. The lowest BCUT2D eigenvalue weighted by atomic mass is 10.1. The molecule has 0 spiro atoms. The third kappa shape index (κ3) is 3.49. The molecule has 18 heavy (non-hydrogen) atoms. The molecule has 1 aliphatic carbocycles. The molecular formula is C15H20O3. The number of hydrogen-bond acceptors (Lipinski definition) is 2. The SMILES string of the molecule is CC(C)Oc1ccc(CCC2CC2C(=O)O)cc1. The summed E-state index contributed by atoms with van der Waals surface area (Å²) in [6.07, 6.45) is 2.97. The number of hydrogen-bond donors (Lipinski definition) is 1. The summed E-state index contributed by atoms with van der Waals surface area (Å²) in [5, 5.41) is 8.82. The van der Waals surface area contributed by atoms with Crippen LogP contribution in [0.4, 0.5) is 0 Å². The van der Waals surface area contributed by atoms with E-state index < -0.39 is 5.97 Å². The molecule has 0 saturated heterocycles. The summed E-state index contributed by atoms with van der Waals surface area (Å²) in [7, 11) is 0. The van der Waals surface area contributed by atoms with Gasteiger partial charge in [0.2, 0.25) is 0 Å². The number of rotatable bonds is 6. The first kappa shape index (κ1) is 12.9. The molecule has 1 N–H and O–H groups in total. The fourth-order valence-corrected chi connectivity index (χ4v) is 2.23. The minimum atomic E-state index is -0.638. The van der Waals surface area contributed by atoms with Crippen molar-refractivity contribution >= 4 is 5.97 Å². The van der Waals surface area contributed by atoms with Gasteiger partial charge in [0.05, 0.1) is 12.0 Å². The van der Waals surface area contributed by atoms with Gasteiger partial charge in [-0.15, -0.1) is 0 Å². The van der Waals surface area contributed by atoms with Gasteiger partial charge in [-0.25, -0.2) is 0 Å². The van der Waals surface area contributed by atoms with Gasteiger partial charge >= 0.3 is 5.97 Å². The van der Waals surface area contributed by atoms with Crippen LogP contribution < -0.4 is 4.74 Å². The van der Waals surface area contributed by atoms with E-state index >= 15 is 0 Å². The summed E-state index contributed by atoms with van der Waals surface area (Å²) in [5.41, 5.74) is 1.25. The second-order valence-electron chi connectivity index (χ2n) is 5.29. The van der Waals surface area contributed by atoms with Gasteiger partial charge in [-0.2, -0.15) is 0 Å². The van der Waals surface area contributed by atoms with Crippen molar-refractivity contribution in [1.29, 1.82) is 0 Å². The lowest BCUT2D eigenvalue weighted by Gasteiger charge is -2.10. The third-order valence-electron chi connectivity index (χ3n) is 3.34. The fourth-order valence-electron chi connectivity index (χ4n) is 2.23. The van der Waals surface area contributed by atoms with E-state index in [1.807, 2.05) is 26.0 Å². The molecule has 1 fully saturated rings. The summed E-state index contributed by atoms with van der Waals surface area (Å²) >= 11 is 0. The smallest absolute Gasteiger partial charge is 0.306 e. The number of aryl methyl sites for hydroxylation is 1. The Morgan fingerprint density at radius 3 is 2.56 bits per heavy atom. The molecular weight excluding hydrogens is 228 g/mol. The lowest BCUT2D eigenvalue weighted by molar-refractivity contribution is -0.138. The molecule has 1 aliphatic rings. The Hall–Kier alpha value is -1.51. The molecule has 0 radical (unpaired) electrons. The second kappa shape index (κ2) is 5.42. The molecule has 98 valence electrons. The molecule has 0 bridgehead atoms. The standard InChI is InChI=1S/C15H20O3/c1-10(2)18-13-7-4-11(5-8-13)3-6-12-9-14(12)15(16)17/h4-5,7-8,10,12,14H,3,6,9H2,1-2H3,(H,16,17). The fraction of sp³-hybridized carbons (Fsp3) is 0.533. The molecule has 3 heteroatoms. The molecule has 1 aromatic rings. The normalized spacial score (nSPS) is 21.9. The van der Waals surface area contributed by atoms with Crippen molar-refractivity contribution in [1.82, 2.24) is 0 Å². The van der Waals surface area contributed by atoms with Gasteiger partial charge in [-0.05, 0) is 56.7 Å². The Morgan fingerprint density at radius 1 is 1.39 bits per heavy atom. The van der Waals surface area contributed by atoms with Crippen LogP contribution in [0.1, 0.15) is 32.3 Å². The summed E-state index contributed by atoms with van der Waals surface area (Å²) in [6.45, 7) is 4.01. The summed E-state index contributed by atoms with van der Waals surface area (Å²) in [6, 6.07) is 8.10. The Kier molecular flexibility index (Phi) is 3.90. The van der Waals surface area contributed by atoms with Gasteiger partial charge in [0, 0.05) is 0 Å². The minimum Gasteiger partial charge on any atom is -0.491 e. The summed E-state index contributed by atoms with van der Waals surface area (Å²) < 4.78 is 5.58. The van der Waals surface area contributed by atoms with Crippen LogP contribution in [-0.4, -0.2) is 17.2 Å². The maximum Gasteiger partial charge on any atom is 0.306 e. The predicted molar refractivity (Wildman–Crippen MR) is 69.8 cm³/mol. The van der Waals surface area contributed by atoms with Crippen LogP contribution in [0, 0.1) is 11.8 Å². The Bertz CT molecular complexity index is 408. The predicted octanol–water partition coefficient (Wildman–Crippen LogP) is 3.13. The van der Waals surface area contributed by atoms with Crippen LogP contribution in [-0.2, 0) is 11.2 Å². The second-order valence-corrected chi connectivity index (χ2v) is 5.29. The van der Waals surface area contributed by atoms with Gasteiger partial charge in [0.1, 0.15) is 5.75 Å². The first-order valence-corrected chi connectivity index (χ1v) is 6.54. The van der Waals surface area contributed by atoms with Crippen LogP contribution in [0.25, 0.3) is 0 Å². The largest absolute Gasteiger partial charge is 0.491 e. The Labute approximate surface area is 108 Å². The zero-order valence-electron chi connectivity index (χ0n) is 10.9. The molecule has 3 nitrogen and oxygen atoms in total. The maximum atomic E-state index is 10.7. The van der Waals surface area contributed by atoms with Crippen molar-refractivity contribution in [3.8, 4) is 5.75 Å². The van der Waals surface area contributed by atoms with E-state index in [1.54, 1.807) is 0 Å². The molecule has 1 saturated carbocycles. The maximum absolute atomic E-state index is 10.7. The zero-order chi connectivity index (χ0) is 13.1. The van der Waals surface area contributed by atoms with Crippen molar-refractivity contribution < 1.29 is 14.6 Å². The molecule has 0 aromatic heterocycles. The first-order valence-electron chi connectivity index (χ1n) is 6.54. The number of ether oxygens (including phenoxy) is 1. The number of carbonyl (C=O) groups is 1. The van der Waals surface area contributed by atoms with E-state index in [0.29, 0.717) is 5.92 Å². The number of carboxylic acid groups (broad SMARTS) is 1. The molecule has 2 rings (SSSR count). The van der Waals surface area contributed by atoms with Crippen LogP contribution in [0.3, 0.4) is 0 Å². The van der Waals surface area contributed by atoms with Crippen LogP contribution in [0.15, 0.2) is 24.3 Å². The van der Waals surface area contributed by atoms with Crippen molar-refractivity contribution in [2.45, 2.75) is 39.2 Å². The molecule has 0 amide bonds. The van der Waals surface area contributed by atoms with Crippen molar-refractivity contribution in [3.63, 3.8) is 0 Å². The highest BCUT2D eigenvalue weighted by Crippen LogP contribution is 2.42. The van der Waals surface area contributed by atoms with Crippen molar-refractivity contribution in [2.24, 2.45) is 11.8 Å². The number of carboxylic acids is 1. The van der Waals surface area contributed by atoms with Crippen molar-refractivity contribution in [3.05, 3.63) is 29.8 Å². The molecule has 2 atom stereocenters. The highest BCUT2D eigenvalue weighted by Gasteiger charge is 2.42. The van der Waals surface area contributed by atoms with E-state index in [-0.39, 0.29) is 12.0 Å². The summed E-state index contributed by atoms with van der Waals surface area (Å²) in [4.78, 5) is 10.7. The summed E-state index contributed by atoms with van der Waals surface area (Å²) in [5.74, 6) is 0.548. The van der Waals surface area contributed by atoms with Gasteiger partial charge < -0.3 is 9.84 Å². The van der Waals surface area contributed by atoms with Gasteiger partial charge in [-0.1, -0.05) is 12.1 Å². The van der Waals surface area contributed by atoms with Gasteiger partial charge in [0.15, 0.2) is 0 Å². The monoisotopic (exact) mass is 248 g/mol. The van der Waals surface area contributed by atoms with Crippen LogP contribution >= 0.6 is 0 Å². The number of aliphatic carboxylic acids is 1. The Morgan fingerprint density at radius 2 is 2.06 bits per heavy atom. The van der Waals surface area contributed by atoms with E-state index in [9.17, 15) is 4.79 Å². The van der Waals surface area contributed by atoms with Crippen molar-refractivity contribution in [2.75, 3.05) is 0 Å². The third-order valence-corrected chi connectivity index (χ3v) is 3.34. The topological polar surface area (TPSA) is 46.5 Å². The molecule has 0 aliphatic heterocycles. The first-order chi connectivity index (χ1) is 8.56. The number of benzene rings is 1.